The summed E-state index contributed by atoms with van der Waals surface area (Å²) >= 11 is 0. The largest absolute Gasteiger partial charge is 0.270 e. The Bertz CT molecular complexity index is 79.4. The summed E-state index contributed by atoms with van der Waals surface area (Å²) < 4.78 is 0. The molecule has 0 atom stereocenters. The molecule has 48 valence electrons. The summed E-state index contributed by atoms with van der Waals surface area (Å²) in [6.07, 6.45) is 0. The summed E-state index contributed by atoms with van der Waals surface area (Å²) in [5.41, 5.74) is 0. The third-order valence-electron chi connectivity index (χ3n) is 0.589. The summed E-state index contributed by atoms with van der Waals surface area (Å²) in [5.74, 6) is -0.282. The molecule has 0 aromatic carbocycles. The lowest BCUT2D eigenvalue weighted by Gasteiger charge is -2.11. The molecule has 0 aromatic heterocycles. The van der Waals surface area contributed by atoms with Crippen molar-refractivity contribution in [2.45, 2.75) is 6.92 Å². The molecule has 0 aromatic rings. The Morgan fingerprint density at radius 2 is 1.75 bits per heavy atom. The van der Waals surface area contributed by atoms with Gasteiger partial charge in [-0.15, -0.1) is 0 Å². The maximum atomic E-state index is 10.3. The van der Waals surface area contributed by atoms with E-state index in [4.69, 9.17) is 0 Å². The molecule has 0 spiro atoms. The first kappa shape index (κ1) is 7.39. The second-order valence-corrected chi connectivity index (χ2v) is 1.14. The zero-order valence-electron chi connectivity index (χ0n) is 5.17. The van der Waals surface area contributed by atoms with E-state index < -0.39 is 0 Å². The Morgan fingerprint density at radius 1 is 1.38 bits per heavy atom. The van der Waals surface area contributed by atoms with Crippen molar-refractivity contribution in [1.29, 1.82) is 0 Å². The van der Waals surface area contributed by atoms with E-state index in [-0.39, 0.29) is 5.91 Å². The number of nitrogens with zero attached hydrogens (tertiary/aromatic N) is 1. The number of hydrogen-bond acceptors (Lipinski definition) is 3. The van der Waals surface area contributed by atoms with Crippen LogP contribution in [0.5, 0.6) is 0 Å². The first-order valence-electron chi connectivity index (χ1n) is 2.11. The molecule has 0 radical (unpaired) electrons. The van der Waals surface area contributed by atoms with Crippen LogP contribution in [0.1, 0.15) is 6.92 Å². The highest BCUT2D eigenvalue weighted by Gasteiger charge is 2.02. The monoisotopic (exact) mass is 119 g/mol. The fraction of sp³-hybridized carbons (Fsp3) is 0.750. The van der Waals surface area contributed by atoms with E-state index in [9.17, 15) is 4.79 Å². The van der Waals surface area contributed by atoms with Crippen LogP contribution in [0.15, 0.2) is 0 Å². The molecule has 0 bridgehead atoms. The molecule has 0 heterocycles. The maximum Gasteiger partial charge on any atom is 0.270 e. The lowest BCUT2D eigenvalue weighted by atomic mass is 10.8. The lowest BCUT2D eigenvalue weighted by Crippen LogP contribution is -2.25. The van der Waals surface area contributed by atoms with Crippen LogP contribution in [-0.2, 0) is 14.5 Å². The minimum absolute atomic E-state index is 0.282. The number of carbonyl (C=O) groups is 1. The second-order valence-electron chi connectivity index (χ2n) is 1.14. The second kappa shape index (κ2) is 3.40. The lowest BCUT2D eigenvalue weighted by molar-refractivity contribution is -0.315. The predicted octanol–water partition coefficient (Wildman–Crippen LogP) is -0.0423. The zero-order chi connectivity index (χ0) is 6.57. The summed E-state index contributed by atoms with van der Waals surface area (Å²) in [6, 6.07) is 0. The predicted molar refractivity (Wildman–Crippen MR) is 26.5 cm³/mol. The van der Waals surface area contributed by atoms with Gasteiger partial charge in [-0.1, -0.05) is 5.23 Å². The van der Waals surface area contributed by atoms with Gasteiger partial charge in [-0.3, -0.25) is 4.79 Å². The molecule has 0 fully saturated rings. The highest BCUT2D eigenvalue weighted by atomic mass is 16.9. The van der Waals surface area contributed by atoms with E-state index in [0.717, 1.165) is 5.23 Å². The molecule has 0 unspecified atom stereocenters. The Labute approximate surface area is 47.9 Å². The van der Waals surface area contributed by atoms with E-state index in [2.05, 4.69) is 9.68 Å². The first-order valence-corrected chi connectivity index (χ1v) is 2.11. The van der Waals surface area contributed by atoms with Crippen LogP contribution < -0.4 is 0 Å². The van der Waals surface area contributed by atoms with Gasteiger partial charge in [-0.25, -0.2) is 9.68 Å². The highest BCUT2D eigenvalue weighted by Crippen LogP contribution is 1.85. The van der Waals surface area contributed by atoms with Crippen molar-refractivity contribution in [3.63, 3.8) is 0 Å². The Kier molecular flexibility index (Phi) is 3.14. The van der Waals surface area contributed by atoms with E-state index in [1.165, 1.54) is 21.1 Å². The van der Waals surface area contributed by atoms with Crippen molar-refractivity contribution in [3.8, 4) is 0 Å². The molecule has 0 aliphatic rings. The number of hydroxylamine groups is 2. The van der Waals surface area contributed by atoms with E-state index in [0.29, 0.717) is 0 Å². The van der Waals surface area contributed by atoms with Crippen LogP contribution in [0.3, 0.4) is 0 Å². The summed E-state index contributed by atoms with van der Waals surface area (Å²) in [4.78, 5) is 19.1. The van der Waals surface area contributed by atoms with E-state index >= 15 is 0 Å². The molecule has 0 saturated heterocycles. The molecular formula is C4H9NO3. The third-order valence-corrected chi connectivity index (χ3v) is 0.589. The molecule has 4 nitrogen and oxygen atoms in total. The standard InChI is InChI=1S/C4H9NO3/c1-4(6)5(7-2)8-3/h1-3H3. The summed E-state index contributed by atoms with van der Waals surface area (Å²) in [6.45, 7) is 1.34. The van der Waals surface area contributed by atoms with Crippen LogP contribution in [0.4, 0.5) is 0 Å². The van der Waals surface area contributed by atoms with Crippen molar-refractivity contribution in [2.75, 3.05) is 14.2 Å². The number of amides is 1. The average Bonchev–Trinajstić information content (AvgIpc) is 1.69. The van der Waals surface area contributed by atoms with Gasteiger partial charge in [0.2, 0.25) is 0 Å². The van der Waals surface area contributed by atoms with Crippen LogP contribution in [-0.4, -0.2) is 25.4 Å². The van der Waals surface area contributed by atoms with Crippen molar-refractivity contribution in [1.82, 2.24) is 5.23 Å². The van der Waals surface area contributed by atoms with Gasteiger partial charge in [0.15, 0.2) is 0 Å². The van der Waals surface area contributed by atoms with Crippen molar-refractivity contribution < 1.29 is 14.5 Å². The van der Waals surface area contributed by atoms with Gasteiger partial charge in [-0.05, 0) is 0 Å². The Hall–Kier alpha value is -0.610. The Morgan fingerprint density at radius 3 is 1.75 bits per heavy atom. The number of rotatable bonds is 2. The topological polar surface area (TPSA) is 38.8 Å². The number of carbonyl (C=O) groups excluding carboxylic acids is 1. The van der Waals surface area contributed by atoms with Gasteiger partial charge >= 0.3 is 0 Å². The van der Waals surface area contributed by atoms with Crippen molar-refractivity contribution in [3.05, 3.63) is 0 Å². The van der Waals surface area contributed by atoms with Crippen molar-refractivity contribution >= 4 is 5.91 Å². The van der Waals surface area contributed by atoms with Crippen LogP contribution >= 0.6 is 0 Å². The Balaban J connectivity index is 3.52. The van der Waals surface area contributed by atoms with Gasteiger partial charge in [0.1, 0.15) is 0 Å². The average molecular weight is 119 g/mol. The molecule has 0 rings (SSSR count). The molecule has 0 aliphatic carbocycles. The minimum Gasteiger partial charge on any atom is -0.270 e. The quantitative estimate of drug-likeness (QED) is 0.479. The molecule has 0 N–H and O–H groups in total. The smallest absolute Gasteiger partial charge is 0.270 e. The summed E-state index contributed by atoms with van der Waals surface area (Å²) in [7, 11) is 2.70. The van der Waals surface area contributed by atoms with Crippen LogP contribution in [0, 0.1) is 0 Å². The molecule has 1 amide bonds. The van der Waals surface area contributed by atoms with E-state index in [1.54, 1.807) is 0 Å². The van der Waals surface area contributed by atoms with Gasteiger partial charge in [0.05, 0.1) is 14.2 Å². The fourth-order valence-electron chi connectivity index (χ4n) is 0.332. The summed E-state index contributed by atoms with van der Waals surface area (Å²) in [5, 5.41) is 0.778. The van der Waals surface area contributed by atoms with Gasteiger partial charge in [-0.2, -0.15) is 0 Å². The minimum atomic E-state index is -0.282. The highest BCUT2D eigenvalue weighted by molar-refractivity contribution is 5.70. The van der Waals surface area contributed by atoms with Crippen molar-refractivity contribution in [2.24, 2.45) is 0 Å². The zero-order valence-corrected chi connectivity index (χ0v) is 5.17. The molecule has 0 aliphatic heterocycles. The van der Waals surface area contributed by atoms with Gasteiger partial charge in [0, 0.05) is 6.92 Å². The molecular weight excluding hydrogens is 110 g/mol. The fourth-order valence-corrected chi connectivity index (χ4v) is 0.332. The molecule has 4 heteroatoms. The third kappa shape index (κ3) is 1.90. The maximum absolute atomic E-state index is 10.3. The normalized spacial score (nSPS) is 8.88. The first-order chi connectivity index (χ1) is 3.72. The molecule has 0 saturated carbocycles. The SMILES string of the molecule is CON(OC)C(C)=O. The number of hydrogen-bond donors (Lipinski definition) is 0. The van der Waals surface area contributed by atoms with Crippen LogP contribution in [0.2, 0.25) is 0 Å². The van der Waals surface area contributed by atoms with Gasteiger partial charge < -0.3 is 0 Å². The molecule has 8 heavy (non-hydrogen) atoms. The van der Waals surface area contributed by atoms with Gasteiger partial charge in [0.25, 0.3) is 5.91 Å². The van der Waals surface area contributed by atoms with E-state index in [1.807, 2.05) is 0 Å². The van der Waals surface area contributed by atoms with Crippen LogP contribution in [0.25, 0.3) is 0 Å².